The number of aromatic nitrogens is 1. The second-order valence-electron chi connectivity index (χ2n) is 6.13. The van der Waals surface area contributed by atoms with Crippen LogP contribution in [0, 0.1) is 5.92 Å². The van der Waals surface area contributed by atoms with E-state index in [0.717, 1.165) is 24.0 Å². The van der Waals surface area contributed by atoms with Gasteiger partial charge in [-0.3, -0.25) is 9.78 Å². The average molecular weight is 310 g/mol. The molecule has 0 spiro atoms. The summed E-state index contributed by atoms with van der Waals surface area (Å²) < 4.78 is 5.71. The lowest BCUT2D eigenvalue weighted by molar-refractivity contribution is 0.0739. The second kappa shape index (κ2) is 6.82. The summed E-state index contributed by atoms with van der Waals surface area (Å²) in [6.07, 6.45) is 4.29. The summed E-state index contributed by atoms with van der Waals surface area (Å²) in [5, 5.41) is 0. The molecule has 1 aliphatic carbocycles. The number of benzene rings is 1. The van der Waals surface area contributed by atoms with Crippen molar-refractivity contribution in [1.82, 2.24) is 9.88 Å². The van der Waals surface area contributed by atoms with Crippen LogP contribution in [-0.2, 0) is 0 Å². The second-order valence-corrected chi connectivity index (χ2v) is 6.13. The van der Waals surface area contributed by atoms with Gasteiger partial charge in [0.25, 0.3) is 5.91 Å². The zero-order valence-electron chi connectivity index (χ0n) is 13.6. The SMILES string of the molecule is C[C@@H](c1ccccn1)N(C)C(=O)c1ccc(OCC2CC2)cc1. The maximum Gasteiger partial charge on any atom is 0.254 e. The van der Waals surface area contributed by atoms with Crippen molar-refractivity contribution < 1.29 is 9.53 Å². The Morgan fingerprint density at radius 2 is 2.00 bits per heavy atom. The summed E-state index contributed by atoms with van der Waals surface area (Å²) in [6.45, 7) is 2.76. The van der Waals surface area contributed by atoms with E-state index in [1.165, 1.54) is 12.8 Å². The molecule has 0 unspecified atom stereocenters. The quantitative estimate of drug-likeness (QED) is 0.817. The van der Waals surface area contributed by atoms with Crippen LogP contribution in [0.15, 0.2) is 48.7 Å². The number of hydrogen-bond acceptors (Lipinski definition) is 3. The molecule has 1 saturated carbocycles. The van der Waals surface area contributed by atoms with E-state index in [-0.39, 0.29) is 11.9 Å². The number of carbonyl (C=O) groups excluding carboxylic acids is 1. The van der Waals surface area contributed by atoms with Crippen molar-refractivity contribution in [3.63, 3.8) is 0 Å². The van der Waals surface area contributed by atoms with Crippen LogP contribution in [-0.4, -0.2) is 29.4 Å². The number of pyridine rings is 1. The van der Waals surface area contributed by atoms with Crippen LogP contribution in [0.2, 0.25) is 0 Å². The summed E-state index contributed by atoms with van der Waals surface area (Å²) in [7, 11) is 1.80. The van der Waals surface area contributed by atoms with Gasteiger partial charge in [-0.25, -0.2) is 0 Å². The predicted octanol–water partition coefficient (Wildman–Crippen LogP) is 3.70. The fraction of sp³-hybridized carbons (Fsp3) is 0.368. The molecular weight excluding hydrogens is 288 g/mol. The van der Waals surface area contributed by atoms with Gasteiger partial charge in [0, 0.05) is 18.8 Å². The van der Waals surface area contributed by atoms with Crippen LogP contribution in [0.25, 0.3) is 0 Å². The molecule has 1 aromatic carbocycles. The average Bonchev–Trinajstić information content (AvgIpc) is 3.43. The molecule has 4 nitrogen and oxygen atoms in total. The number of hydrogen-bond donors (Lipinski definition) is 0. The van der Waals surface area contributed by atoms with Crippen LogP contribution in [0.3, 0.4) is 0 Å². The Morgan fingerprint density at radius 3 is 2.61 bits per heavy atom. The first-order chi connectivity index (χ1) is 11.1. The Hall–Kier alpha value is -2.36. The Labute approximate surface area is 137 Å². The lowest BCUT2D eigenvalue weighted by Gasteiger charge is -2.24. The normalized spacial score (nSPS) is 15.0. The monoisotopic (exact) mass is 310 g/mol. The summed E-state index contributed by atoms with van der Waals surface area (Å²) in [4.78, 5) is 18.6. The zero-order valence-corrected chi connectivity index (χ0v) is 13.6. The maximum atomic E-state index is 12.6. The van der Waals surface area contributed by atoms with Crippen molar-refractivity contribution >= 4 is 5.91 Å². The summed E-state index contributed by atoms with van der Waals surface area (Å²) in [5.41, 5.74) is 1.54. The minimum atomic E-state index is -0.0745. The zero-order chi connectivity index (χ0) is 16.2. The van der Waals surface area contributed by atoms with Gasteiger partial charge in [0.1, 0.15) is 5.75 Å². The van der Waals surface area contributed by atoms with Crippen LogP contribution < -0.4 is 4.74 Å². The standard InChI is InChI=1S/C19H22N2O2/c1-14(18-5-3-4-12-20-18)21(2)19(22)16-8-10-17(11-9-16)23-13-15-6-7-15/h3-5,8-12,14-15H,6-7,13H2,1-2H3/t14-/m0/s1. The van der Waals surface area contributed by atoms with Gasteiger partial charge in [0.2, 0.25) is 0 Å². The molecule has 0 aliphatic heterocycles. The molecule has 1 fully saturated rings. The predicted molar refractivity (Wildman–Crippen MR) is 89.4 cm³/mol. The molecule has 1 aliphatic rings. The lowest BCUT2D eigenvalue weighted by atomic mass is 10.1. The van der Waals surface area contributed by atoms with E-state index in [1.807, 2.05) is 49.4 Å². The van der Waals surface area contributed by atoms with Crippen molar-refractivity contribution in [1.29, 1.82) is 0 Å². The van der Waals surface area contributed by atoms with Crippen LogP contribution in [0.5, 0.6) is 5.75 Å². The van der Waals surface area contributed by atoms with Crippen molar-refractivity contribution in [2.45, 2.75) is 25.8 Å². The molecule has 0 bridgehead atoms. The maximum absolute atomic E-state index is 12.6. The van der Waals surface area contributed by atoms with E-state index in [1.54, 1.807) is 18.1 Å². The Morgan fingerprint density at radius 1 is 1.26 bits per heavy atom. The molecule has 120 valence electrons. The summed E-state index contributed by atoms with van der Waals surface area (Å²) in [6, 6.07) is 13.1. The van der Waals surface area contributed by atoms with Gasteiger partial charge in [0.05, 0.1) is 18.3 Å². The molecule has 1 amide bonds. The van der Waals surface area contributed by atoms with Gasteiger partial charge >= 0.3 is 0 Å². The summed E-state index contributed by atoms with van der Waals surface area (Å²) >= 11 is 0. The van der Waals surface area contributed by atoms with Crippen molar-refractivity contribution in [3.05, 3.63) is 59.9 Å². The molecular formula is C19H22N2O2. The number of rotatable bonds is 6. The first-order valence-corrected chi connectivity index (χ1v) is 8.06. The molecule has 2 aromatic rings. The molecule has 4 heteroatoms. The third-order valence-electron chi connectivity index (χ3n) is 4.30. The van der Waals surface area contributed by atoms with Crippen LogP contribution >= 0.6 is 0 Å². The highest BCUT2D eigenvalue weighted by Gasteiger charge is 2.22. The van der Waals surface area contributed by atoms with E-state index in [4.69, 9.17) is 4.74 Å². The Balaban J connectivity index is 1.64. The highest BCUT2D eigenvalue weighted by atomic mass is 16.5. The highest BCUT2D eigenvalue weighted by Crippen LogP contribution is 2.29. The minimum absolute atomic E-state index is 0.0168. The van der Waals surface area contributed by atoms with Gasteiger partial charge in [-0.05, 0) is 62.1 Å². The van der Waals surface area contributed by atoms with Crippen molar-refractivity contribution in [3.8, 4) is 5.75 Å². The van der Waals surface area contributed by atoms with Gasteiger partial charge in [-0.1, -0.05) is 6.07 Å². The smallest absolute Gasteiger partial charge is 0.254 e. The minimum Gasteiger partial charge on any atom is -0.493 e. The molecule has 1 heterocycles. The summed E-state index contributed by atoms with van der Waals surface area (Å²) in [5.74, 6) is 1.53. The van der Waals surface area contributed by atoms with E-state index >= 15 is 0 Å². The third-order valence-corrected chi connectivity index (χ3v) is 4.30. The first-order valence-electron chi connectivity index (χ1n) is 8.06. The Bertz CT molecular complexity index is 651. The molecule has 0 radical (unpaired) electrons. The van der Waals surface area contributed by atoms with Crippen LogP contribution in [0.4, 0.5) is 0 Å². The fourth-order valence-corrected chi connectivity index (χ4v) is 2.39. The fourth-order valence-electron chi connectivity index (χ4n) is 2.39. The molecule has 0 saturated heterocycles. The molecule has 1 aromatic heterocycles. The van der Waals surface area contributed by atoms with Crippen LogP contribution in [0.1, 0.15) is 41.9 Å². The Kier molecular flexibility index (Phi) is 4.60. The highest BCUT2D eigenvalue weighted by molar-refractivity contribution is 5.94. The molecule has 23 heavy (non-hydrogen) atoms. The largest absolute Gasteiger partial charge is 0.493 e. The number of amides is 1. The lowest BCUT2D eigenvalue weighted by Crippen LogP contribution is -2.30. The number of nitrogens with zero attached hydrogens (tertiary/aromatic N) is 2. The molecule has 1 atom stereocenters. The van der Waals surface area contributed by atoms with Gasteiger partial charge in [-0.15, -0.1) is 0 Å². The topological polar surface area (TPSA) is 42.4 Å². The molecule has 0 N–H and O–H groups in total. The first kappa shape index (κ1) is 15.5. The van der Waals surface area contributed by atoms with Crippen molar-refractivity contribution in [2.24, 2.45) is 5.92 Å². The van der Waals surface area contributed by atoms with Gasteiger partial charge in [0.15, 0.2) is 0 Å². The number of ether oxygens (including phenoxy) is 1. The van der Waals surface area contributed by atoms with E-state index in [0.29, 0.717) is 5.56 Å². The van der Waals surface area contributed by atoms with Gasteiger partial charge in [-0.2, -0.15) is 0 Å². The van der Waals surface area contributed by atoms with E-state index in [9.17, 15) is 4.79 Å². The number of carbonyl (C=O) groups is 1. The van der Waals surface area contributed by atoms with Gasteiger partial charge < -0.3 is 9.64 Å². The van der Waals surface area contributed by atoms with E-state index in [2.05, 4.69) is 4.98 Å². The third kappa shape index (κ3) is 3.89. The van der Waals surface area contributed by atoms with E-state index < -0.39 is 0 Å². The van der Waals surface area contributed by atoms with Crippen molar-refractivity contribution in [2.75, 3.05) is 13.7 Å². The molecule has 3 rings (SSSR count).